The van der Waals surface area contributed by atoms with Gasteiger partial charge in [-0.05, 0) is 31.9 Å². The highest BCUT2D eigenvalue weighted by molar-refractivity contribution is 5.76. The minimum atomic E-state index is -0.668. The number of carboxylic acids is 1. The lowest BCUT2D eigenvalue weighted by Crippen LogP contribution is -2.43. The molecule has 16 heavy (non-hydrogen) atoms. The van der Waals surface area contributed by atoms with Gasteiger partial charge in [0.1, 0.15) is 0 Å². The maximum absolute atomic E-state index is 11.1. The van der Waals surface area contributed by atoms with Crippen LogP contribution in [-0.2, 0) is 4.79 Å². The van der Waals surface area contributed by atoms with E-state index in [4.69, 9.17) is 5.11 Å². The lowest BCUT2D eigenvalue weighted by Gasteiger charge is -2.37. The van der Waals surface area contributed by atoms with Crippen LogP contribution in [0.5, 0.6) is 0 Å². The Morgan fingerprint density at radius 1 is 1.38 bits per heavy atom. The Morgan fingerprint density at radius 2 is 2.00 bits per heavy atom. The number of hydrogen-bond acceptors (Lipinski definition) is 2. The van der Waals surface area contributed by atoms with Crippen LogP contribution in [0.2, 0.25) is 0 Å². The summed E-state index contributed by atoms with van der Waals surface area (Å²) >= 11 is 0. The highest BCUT2D eigenvalue weighted by atomic mass is 16.4. The van der Waals surface area contributed by atoms with Gasteiger partial charge in [-0.3, -0.25) is 4.79 Å². The Kier molecular flexibility index (Phi) is 2.86. The molecule has 0 amide bonds. The van der Waals surface area contributed by atoms with Crippen LogP contribution < -0.4 is 5.32 Å². The molecule has 1 aliphatic carbocycles. The lowest BCUT2D eigenvalue weighted by molar-refractivity contribution is -0.153. The van der Waals surface area contributed by atoms with Crippen LogP contribution in [0.1, 0.15) is 24.8 Å². The van der Waals surface area contributed by atoms with E-state index in [0.29, 0.717) is 6.54 Å². The van der Waals surface area contributed by atoms with E-state index in [0.717, 1.165) is 24.9 Å². The summed E-state index contributed by atoms with van der Waals surface area (Å²) < 4.78 is 0. The Bertz CT molecular complexity index is 379. The molecule has 86 valence electrons. The SMILES string of the molecule is Cc1ccc(NCC2(C(=O)O)CCC2)cc1. The van der Waals surface area contributed by atoms with Crippen molar-refractivity contribution in [1.82, 2.24) is 0 Å². The summed E-state index contributed by atoms with van der Waals surface area (Å²) in [6.45, 7) is 2.57. The van der Waals surface area contributed by atoms with E-state index in [1.165, 1.54) is 5.56 Å². The zero-order valence-electron chi connectivity index (χ0n) is 9.49. The number of aryl methyl sites for hydroxylation is 1. The fourth-order valence-corrected chi connectivity index (χ4v) is 2.01. The topological polar surface area (TPSA) is 49.3 Å². The van der Waals surface area contributed by atoms with Crippen molar-refractivity contribution < 1.29 is 9.90 Å². The van der Waals surface area contributed by atoms with E-state index in [1.807, 2.05) is 31.2 Å². The number of anilines is 1. The van der Waals surface area contributed by atoms with Gasteiger partial charge in [0, 0.05) is 12.2 Å². The first-order valence-electron chi connectivity index (χ1n) is 5.66. The first-order valence-corrected chi connectivity index (χ1v) is 5.66. The van der Waals surface area contributed by atoms with Gasteiger partial charge in [0.05, 0.1) is 5.41 Å². The van der Waals surface area contributed by atoms with Gasteiger partial charge in [0.25, 0.3) is 0 Å². The summed E-state index contributed by atoms with van der Waals surface area (Å²) in [4.78, 5) is 11.1. The molecule has 0 radical (unpaired) electrons. The second-order valence-corrected chi connectivity index (χ2v) is 4.66. The average molecular weight is 219 g/mol. The molecule has 3 heteroatoms. The molecule has 0 bridgehead atoms. The Balaban J connectivity index is 1.96. The summed E-state index contributed by atoms with van der Waals surface area (Å²) in [6, 6.07) is 8.03. The van der Waals surface area contributed by atoms with Gasteiger partial charge in [0.15, 0.2) is 0 Å². The summed E-state index contributed by atoms with van der Waals surface area (Å²) in [7, 11) is 0. The Hall–Kier alpha value is -1.51. The van der Waals surface area contributed by atoms with Crippen molar-refractivity contribution in [2.75, 3.05) is 11.9 Å². The first kappa shape index (κ1) is 11.0. The van der Waals surface area contributed by atoms with Gasteiger partial charge >= 0.3 is 5.97 Å². The Labute approximate surface area is 95.5 Å². The number of aliphatic carboxylic acids is 1. The molecular weight excluding hydrogens is 202 g/mol. The standard InChI is InChI=1S/C13H17NO2/c1-10-3-5-11(6-4-10)14-9-13(12(15)16)7-2-8-13/h3-6,14H,2,7-9H2,1H3,(H,15,16). The molecule has 0 atom stereocenters. The highest BCUT2D eigenvalue weighted by Crippen LogP contribution is 2.41. The maximum atomic E-state index is 11.1. The maximum Gasteiger partial charge on any atom is 0.311 e. The van der Waals surface area contributed by atoms with Crippen molar-refractivity contribution in [3.8, 4) is 0 Å². The summed E-state index contributed by atoms with van der Waals surface area (Å²) in [5.74, 6) is -0.668. The third-order valence-corrected chi connectivity index (χ3v) is 3.45. The number of hydrogen-bond donors (Lipinski definition) is 2. The quantitative estimate of drug-likeness (QED) is 0.818. The van der Waals surface area contributed by atoms with Crippen molar-refractivity contribution in [3.05, 3.63) is 29.8 Å². The highest BCUT2D eigenvalue weighted by Gasteiger charge is 2.44. The smallest absolute Gasteiger partial charge is 0.311 e. The Morgan fingerprint density at radius 3 is 2.44 bits per heavy atom. The van der Waals surface area contributed by atoms with E-state index >= 15 is 0 Å². The molecule has 0 heterocycles. The summed E-state index contributed by atoms with van der Waals surface area (Å²) in [5, 5.41) is 12.4. The van der Waals surface area contributed by atoms with E-state index in [1.54, 1.807) is 0 Å². The van der Waals surface area contributed by atoms with E-state index in [-0.39, 0.29) is 0 Å². The van der Waals surface area contributed by atoms with Gasteiger partial charge < -0.3 is 10.4 Å². The number of carbonyl (C=O) groups is 1. The van der Waals surface area contributed by atoms with Crippen molar-refractivity contribution in [2.45, 2.75) is 26.2 Å². The van der Waals surface area contributed by atoms with Crippen molar-refractivity contribution in [1.29, 1.82) is 0 Å². The predicted molar refractivity (Wildman–Crippen MR) is 63.6 cm³/mol. The number of benzene rings is 1. The average Bonchev–Trinajstić information content (AvgIpc) is 2.18. The molecule has 0 unspecified atom stereocenters. The van der Waals surface area contributed by atoms with Gasteiger partial charge in [-0.25, -0.2) is 0 Å². The van der Waals surface area contributed by atoms with Crippen LogP contribution in [0.4, 0.5) is 5.69 Å². The van der Waals surface area contributed by atoms with Crippen LogP contribution in [0.25, 0.3) is 0 Å². The summed E-state index contributed by atoms with van der Waals surface area (Å²) in [5.41, 5.74) is 1.69. The van der Waals surface area contributed by atoms with Crippen molar-refractivity contribution >= 4 is 11.7 Å². The van der Waals surface area contributed by atoms with Crippen LogP contribution in [0.3, 0.4) is 0 Å². The lowest BCUT2D eigenvalue weighted by atomic mass is 9.69. The minimum Gasteiger partial charge on any atom is -0.481 e. The van der Waals surface area contributed by atoms with Gasteiger partial charge in [-0.1, -0.05) is 24.1 Å². The van der Waals surface area contributed by atoms with Crippen molar-refractivity contribution in [2.24, 2.45) is 5.41 Å². The third-order valence-electron chi connectivity index (χ3n) is 3.45. The fourth-order valence-electron chi connectivity index (χ4n) is 2.01. The molecule has 2 rings (SSSR count). The molecule has 0 spiro atoms. The second kappa shape index (κ2) is 4.16. The van der Waals surface area contributed by atoms with E-state index in [9.17, 15) is 4.79 Å². The van der Waals surface area contributed by atoms with E-state index in [2.05, 4.69) is 5.32 Å². The molecular formula is C13H17NO2. The molecule has 3 nitrogen and oxygen atoms in total. The predicted octanol–water partition coefficient (Wildman–Crippen LogP) is 2.66. The summed E-state index contributed by atoms with van der Waals surface area (Å²) in [6.07, 6.45) is 2.62. The molecule has 1 aliphatic rings. The monoisotopic (exact) mass is 219 g/mol. The zero-order valence-corrected chi connectivity index (χ0v) is 9.49. The number of nitrogens with one attached hydrogen (secondary N) is 1. The normalized spacial score (nSPS) is 17.6. The van der Waals surface area contributed by atoms with Gasteiger partial charge in [-0.15, -0.1) is 0 Å². The van der Waals surface area contributed by atoms with E-state index < -0.39 is 11.4 Å². The molecule has 1 aromatic carbocycles. The van der Waals surface area contributed by atoms with Crippen molar-refractivity contribution in [3.63, 3.8) is 0 Å². The minimum absolute atomic E-state index is 0.523. The largest absolute Gasteiger partial charge is 0.481 e. The van der Waals surface area contributed by atoms with Crippen LogP contribution in [0.15, 0.2) is 24.3 Å². The van der Waals surface area contributed by atoms with Crippen LogP contribution in [0, 0.1) is 12.3 Å². The second-order valence-electron chi connectivity index (χ2n) is 4.66. The number of rotatable bonds is 4. The number of carboxylic acid groups (broad SMARTS) is 1. The third kappa shape index (κ3) is 2.03. The van der Waals surface area contributed by atoms with Gasteiger partial charge in [-0.2, -0.15) is 0 Å². The molecule has 0 aromatic heterocycles. The zero-order chi connectivity index (χ0) is 11.6. The first-order chi connectivity index (χ1) is 7.62. The van der Waals surface area contributed by atoms with Crippen LogP contribution in [-0.4, -0.2) is 17.6 Å². The molecule has 1 aromatic rings. The fraction of sp³-hybridized carbons (Fsp3) is 0.462. The molecule has 0 aliphatic heterocycles. The van der Waals surface area contributed by atoms with Gasteiger partial charge in [0.2, 0.25) is 0 Å². The molecule has 1 fully saturated rings. The van der Waals surface area contributed by atoms with Crippen LogP contribution >= 0.6 is 0 Å². The molecule has 2 N–H and O–H groups in total. The molecule has 0 saturated heterocycles. The molecule has 1 saturated carbocycles.